The molecular formula is C16H26ClN. The monoisotopic (exact) mass is 267 g/mol. The van der Waals surface area contributed by atoms with E-state index in [9.17, 15) is 0 Å². The summed E-state index contributed by atoms with van der Waals surface area (Å²) in [5.41, 5.74) is 1.36. The molecule has 0 heterocycles. The molecule has 1 aromatic rings. The highest BCUT2D eigenvalue weighted by Gasteiger charge is 2.09. The Kier molecular flexibility index (Phi) is 8.11. The first-order valence-electron chi connectivity index (χ1n) is 7.21. The van der Waals surface area contributed by atoms with Crippen LogP contribution in [-0.2, 0) is 6.42 Å². The third-order valence-electron chi connectivity index (χ3n) is 3.24. The van der Waals surface area contributed by atoms with Gasteiger partial charge >= 0.3 is 0 Å². The Bertz CT molecular complexity index is 325. The van der Waals surface area contributed by atoms with E-state index in [4.69, 9.17) is 11.6 Å². The summed E-state index contributed by atoms with van der Waals surface area (Å²) in [6.45, 7) is 6.72. The van der Waals surface area contributed by atoms with E-state index in [1.165, 1.54) is 31.2 Å². The number of rotatable bonds is 9. The number of halogens is 1. The van der Waals surface area contributed by atoms with Crippen molar-refractivity contribution in [2.24, 2.45) is 5.92 Å². The first-order chi connectivity index (χ1) is 8.76. The van der Waals surface area contributed by atoms with Gasteiger partial charge in [0.1, 0.15) is 0 Å². The molecule has 0 bridgehead atoms. The second-order valence-electron chi connectivity index (χ2n) is 5.05. The normalized spacial score (nSPS) is 12.6. The van der Waals surface area contributed by atoms with Crippen LogP contribution in [0.5, 0.6) is 0 Å². The van der Waals surface area contributed by atoms with E-state index in [1.54, 1.807) is 0 Å². The maximum Gasteiger partial charge on any atom is 0.0408 e. The van der Waals surface area contributed by atoms with Crippen molar-refractivity contribution in [3.05, 3.63) is 34.9 Å². The fourth-order valence-corrected chi connectivity index (χ4v) is 2.46. The average molecular weight is 268 g/mol. The molecule has 1 atom stereocenters. The molecule has 0 amide bonds. The zero-order valence-electron chi connectivity index (χ0n) is 11.7. The molecule has 0 fully saturated rings. The number of benzene rings is 1. The van der Waals surface area contributed by atoms with E-state index in [0.717, 1.165) is 30.5 Å². The quantitative estimate of drug-likeness (QED) is 0.640. The van der Waals surface area contributed by atoms with Gasteiger partial charge in [0.2, 0.25) is 0 Å². The number of hydrogen-bond donors (Lipinski definition) is 1. The zero-order chi connectivity index (χ0) is 13.2. The van der Waals surface area contributed by atoms with Gasteiger partial charge in [-0.15, -0.1) is 0 Å². The average Bonchev–Trinajstić information content (AvgIpc) is 2.36. The van der Waals surface area contributed by atoms with Gasteiger partial charge in [0, 0.05) is 5.02 Å². The van der Waals surface area contributed by atoms with Crippen LogP contribution in [0.4, 0.5) is 0 Å². The van der Waals surface area contributed by atoms with Gasteiger partial charge in [0.05, 0.1) is 0 Å². The molecule has 1 aromatic carbocycles. The van der Waals surface area contributed by atoms with Crippen LogP contribution in [0.1, 0.15) is 45.1 Å². The molecule has 1 unspecified atom stereocenters. The summed E-state index contributed by atoms with van der Waals surface area (Å²) in [4.78, 5) is 0. The van der Waals surface area contributed by atoms with Gasteiger partial charge in [-0.05, 0) is 56.0 Å². The summed E-state index contributed by atoms with van der Waals surface area (Å²) in [6, 6.07) is 8.28. The summed E-state index contributed by atoms with van der Waals surface area (Å²) >= 11 is 6.04. The number of nitrogens with one attached hydrogen (secondary N) is 1. The van der Waals surface area contributed by atoms with Crippen molar-refractivity contribution in [1.82, 2.24) is 5.32 Å². The lowest BCUT2D eigenvalue weighted by Gasteiger charge is -2.17. The zero-order valence-corrected chi connectivity index (χ0v) is 12.5. The van der Waals surface area contributed by atoms with Crippen molar-refractivity contribution in [3.63, 3.8) is 0 Å². The van der Waals surface area contributed by atoms with E-state index in [2.05, 4.69) is 31.3 Å². The topological polar surface area (TPSA) is 12.0 Å². The Morgan fingerprint density at radius 2 is 2.06 bits per heavy atom. The standard InChI is InChI=1S/C16H26ClN/c1-3-5-7-15(13-18-10-4-2)11-14-8-6-9-16(17)12-14/h6,8-9,12,15,18H,3-5,7,10-11,13H2,1-2H3. The molecule has 18 heavy (non-hydrogen) atoms. The third-order valence-corrected chi connectivity index (χ3v) is 3.47. The molecule has 0 aliphatic rings. The van der Waals surface area contributed by atoms with Gasteiger partial charge in [0.25, 0.3) is 0 Å². The molecule has 0 spiro atoms. The SMILES string of the molecule is CCCCC(CNCCC)Cc1cccc(Cl)c1. The highest BCUT2D eigenvalue weighted by Crippen LogP contribution is 2.18. The van der Waals surface area contributed by atoms with E-state index in [0.29, 0.717) is 0 Å². The predicted molar refractivity (Wildman–Crippen MR) is 81.3 cm³/mol. The molecule has 1 N–H and O–H groups in total. The van der Waals surface area contributed by atoms with Gasteiger partial charge in [-0.1, -0.05) is 50.4 Å². The summed E-state index contributed by atoms with van der Waals surface area (Å²) in [5.74, 6) is 0.731. The lowest BCUT2D eigenvalue weighted by molar-refractivity contribution is 0.429. The van der Waals surface area contributed by atoms with Crippen LogP contribution >= 0.6 is 11.6 Å². The second-order valence-corrected chi connectivity index (χ2v) is 5.48. The smallest absolute Gasteiger partial charge is 0.0408 e. The molecule has 2 heteroatoms. The van der Waals surface area contributed by atoms with Crippen molar-refractivity contribution in [2.45, 2.75) is 46.0 Å². The highest BCUT2D eigenvalue weighted by atomic mass is 35.5. The summed E-state index contributed by atoms with van der Waals surface area (Å²) in [5, 5.41) is 4.40. The van der Waals surface area contributed by atoms with Gasteiger partial charge < -0.3 is 5.32 Å². The van der Waals surface area contributed by atoms with Crippen molar-refractivity contribution in [2.75, 3.05) is 13.1 Å². The molecule has 0 saturated heterocycles. The first-order valence-corrected chi connectivity index (χ1v) is 7.59. The molecule has 1 nitrogen and oxygen atoms in total. The lowest BCUT2D eigenvalue weighted by atomic mass is 9.94. The molecule has 102 valence electrons. The Labute approximate surface area is 117 Å². The van der Waals surface area contributed by atoms with Crippen LogP contribution in [0.25, 0.3) is 0 Å². The maximum absolute atomic E-state index is 6.04. The van der Waals surface area contributed by atoms with E-state index >= 15 is 0 Å². The number of hydrogen-bond acceptors (Lipinski definition) is 1. The fourth-order valence-electron chi connectivity index (χ4n) is 2.25. The molecule has 0 saturated carbocycles. The van der Waals surface area contributed by atoms with Crippen molar-refractivity contribution in [1.29, 1.82) is 0 Å². The minimum absolute atomic E-state index is 0.731. The summed E-state index contributed by atoms with van der Waals surface area (Å²) in [6.07, 6.45) is 6.24. The Balaban J connectivity index is 2.48. The van der Waals surface area contributed by atoms with E-state index < -0.39 is 0 Å². The van der Waals surface area contributed by atoms with Crippen LogP contribution in [0.3, 0.4) is 0 Å². The van der Waals surface area contributed by atoms with Crippen LogP contribution < -0.4 is 5.32 Å². The molecule has 0 radical (unpaired) electrons. The summed E-state index contributed by atoms with van der Waals surface area (Å²) < 4.78 is 0. The van der Waals surface area contributed by atoms with Crippen LogP contribution in [0.2, 0.25) is 5.02 Å². The minimum atomic E-state index is 0.731. The largest absolute Gasteiger partial charge is 0.316 e. The van der Waals surface area contributed by atoms with E-state index in [-0.39, 0.29) is 0 Å². The Hall–Kier alpha value is -0.530. The van der Waals surface area contributed by atoms with E-state index in [1.807, 2.05) is 12.1 Å². The highest BCUT2D eigenvalue weighted by molar-refractivity contribution is 6.30. The third kappa shape index (κ3) is 6.42. The maximum atomic E-state index is 6.04. The van der Waals surface area contributed by atoms with Crippen molar-refractivity contribution in [3.8, 4) is 0 Å². The summed E-state index contributed by atoms with van der Waals surface area (Å²) in [7, 11) is 0. The number of unbranched alkanes of at least 4 members (excludes halogenated alkanes) is 1. The van der Waals surface area contributed by atoms with Gasteiger partial charge in [0.15, 0.2) is 0 Å². The van der Waals surface area contributed by atoms with Crippen molar-refractivity contribution >= 4 is 11.6 Å². The minimum Gasteiger partial charge on any atom is -0.316 e. The molecular weight excluding hydrogens is 242 g/mol. The second kappa shape index (κ2) is 9.41. The molecule has 0 aromatic heterocycles. The Morgan fingerprint density at radius 3 is 2.72 bits per heavy atom. The van der Waals surface area contributed by atoms with Crippen LogP contribution in [0, 0.1) is 5.92 Å². The van der Waals surface area contributed by atoms with Gasteiger partial charge in [-0.2, -0.15) is 0 Å². The van der Waals surface area contributed by atoms with Gasteiger partial charge in [-0.3, -0.25) is 0 Å². The lowest BCUT2D eigenvalue weighted by Crippen LogP contribution is -2.25. The van der Waals surface area contributed by atoms with Crippen LogP contribution in [0.15, 0.2) is 24.3 Å². The van der Waals surface area contributed by atoms with Crippen molar-refractivity contribution < 1.29 is 0 Å². The first kappa shape index (κ1) is 15.5. The fraction of sp³-hybridized carbons (Fsp3) is 0.625. The molecule has 0 aliphatic heterocycles. The molecule has 0 aliphatic carbocycles. The Morgan fingerprint density at radius 1 is 1.22 bits per heavy atom. The van der Waals surface area contributed by atoms with Crippen LogP contribution in [-0.4, -0.2) is 13.1 Å². The predicted octanol–water partition coefficient (Wildman–Crippen LogP) is 4.69. The molecule has 1 rings (SSSR count). The van der Waals surface area contributed by atoms with Gasteiger partial charge in [-0.25, -0.2) is 0 Å².